The molecule has 0 bridgehead atoms. The van der Waals surface area contributed by atoms with E-state index in [1.54, 1.807) is 0 Å². The Morgan fingerprint density at radius 2 is 0.704 bits per heavy atom. The van der Waals surface area contributed by atoms with Crippen molar-refractivity contribution in [2.24, 2.45) is 0 Å². The Morgan fingerprint density at radius 1 is 0.444 bits per heavy atom. The molecular formula is C24H48O3. The summed E-state index contributed by atoms with van der Waals surface area (Å²) in [6.45, 7) is 5.46. The van der Waals surface area contributed by atoms with E-state index >= 15 is 0 Å². The molecule has 27 heavy (non-hydrogen) atoms. The van der Waals surface area contributed by atoms with Crippen molar-refractivity contribution in [3.63, 3.8) is 0 Å². The van der Waals surface area contributed by atoms with Crippen molar-refractivity contribution >= 4 is 6.16 Å². The van der Waals surface area contributed by atoms with Gasteiger partial charge in [-0.05, 0) is 12.8 Å². The van der Waals surface area contributed by atoms with Crippen LogP contribution in [0.3, 0.4) is 0 Å². The number of carbonyl (C=O) groups is 1. The molecule has 0 aromatic carbocycles. The number of carbonyl (C=O) groups excluding carboxylic acids is 1. The maximum Gasteiger partial charge on any atom is 0.508 e. The number of unbranched alkanes of at least 4 members (excludes halogenated alkanes) is 17. The first kappa shape index (κ1) is 26.3. The molecule has 0 aliphatic rings. The molecule has 0 aromatic heterocycles. The van der Waals surface area contributed by atoms with Gasteiger partial charge >= 0.3 is 6.16 Å². The highest BCUT2D eigenvalue weighted by atomic mass is 16.7. The van der Waals surface area contributed by atoms with E-state index in [1.165, 1.54) is 96.3 Å². The lowest BCUT2D eigenvalue weighted by atomic mass is 10.0. The van der Waals surface area contributed by atoms with Gasteiger partial charge in [-0.15, -0.1) is 0 Å². The lowest BCUT2D eigenvalue weighted by molar-refractivity contribution is 0.0529. The summed E-state index contributed by atoms with van der Waals surface area (Å²) in [4.78, 5) is 11.4. The SMILES string of the molecule is CCCCCCCCCCCCCCCCCOC(=O)OCCCCCC. The first-order valence-corrected chi connectivity index (χ1v) is 12.1. The molecule has 0 aliphatic heterocycles. The smallest absolute Gasteiger partial charge is 0.434 e. The van der Waals surface area contributed by atoms with Crippen LogP contribution in [0.2, 0.25) is 0 Å². The first-order valence-electron chi connectivity index (χ1n) is 12.1. The molecule has 3 heteroatoms. The Labute approximate surface area is 170 Å². The molecule has 0 aliphatic carbocycles. The summed E-state index contributed by atoms with van der Waals surface area (Å²) in [6, 6.07) is 0. The van der Waals surface area contributed by atoms with Crippen molar-refractivity contribution in [2.45, 2.75) is 136 Å². The fraction of sp³-hybridized carbons (Fsp3) is 0.958. The van der Waals surface area contributed by atoms with E-state index in [9.17, 15) is 4.79 Å². The van der Waals surface area contributed by atoms with Gasteiger partial charge in [0.2, 0.25) is 0 Å². The minimum atomic E-state index is -0.489. The van der Waals surface area contributed by atoms with E-state index in [4.69, 9.17) is 9.47 Å². The molecule has 0 saturated heterocycles. The number of hydrogen-bond acceptors (Lipinski definition) is 3. The number of ether oxygens (including phenoxy) is 2. The van der Waals surface area contributed by atoms with Gasteiger partial charge in [0.05, 0.1) is 13.2 Å². The molecule has 0 spiro atoms. The van der Waals surface area contributed by atoms with E-state index in [0.717, 1.165) is 25.7 Å². The van der Waals surface area contributed by atoms with E-state index in [-0.39, 0.29) is 0 Å². The minimum absolute atomic E-state index is 0.489. The van der Waals surface area contributed by atoms with Crippen molar-refractivity contribution in [2.75, 3.05) is 13.2 Å². The summed E-state index contributed by atoms with van der Waals surface area (Å²) < 4.78 is 10.2. The highest BCUT2D eigenvalue weighted by Crippen LogP contribution is 2.13. The molecule has 0 radical (unpaired) electrons. The van der Waals surface area contributed by atoms with Gasteiger partial charge < -0.3 is 9.47 Å². The molecular weight excluding hydrogens is 336 g/mol. The summed E-state index contributed by atoms with van der Waals surface area (Å²) in [5.41, 5.74) is 0. The van der Waals surface area contributed by atoms with Crippen LogP contribution in [0.5, 0.6) is 0 Å². The molecule has 0 heterocycles. The maximum absolute atomic E-state index is 11.4. The second-order valence-electron chi connectivity index (χ2n) is 7.96. The Bertz CT molecular complexity index is 291. The largest absolute Gasteiger partial charge is 0.508 e. The van der Waals surface area contributed by atoms with E-state index < -0.39 is 6.16 Å². The summed E-state index contributed by atoms with van der Waals surface area (Å²) in [6.07, 6.45) is 24.2. The van der Waals surface area contributed by atoms with E-state index in [0.29, 0.717) is 13.2 Å². The van der Waals surface area contributed by atoms with Crippen molar-refractivity contribution in [1.82, 2.24) is 0 Å². The molecule has 0 rings (SSSR count). The second kappa shape index (κ2) is 23.3. The van der Waals surface area contributed by atoms with Crippen LogP contribution in [0.1, 0.15) is 136 Å². The third kappa shape index (κ3) is 23.2. The van der Waals surface area contributed by atoms with Gasteiger partial charge in [0, 0.05) is 0 Å². The third-order valence-electron chi connectivity index (χ3n) is 5.19. The zero-order chi connectivity index (χ0) is 19.8. The standard InChI is InChI=1S/C24H48O3/c1-3-5-7-9-10-11-12-13-14-15-16-17-18-19-21-23-27-24(25)26-22-20-8-6-4-2/h3-23H2,1-2H3. The first-order chi connectivity index (χ1) is 13.3. The van der Waals surface area contributed by atoms with Gasteiger partial charge in [-0.25, -0.2) is 4.79 Å². The summed E-state index contributed by atoms with van der Waals surface area (Å²) in [5, 5.41) is 0. The minimum Gasteiger partial charge on any atom is -0.434 e. The Hall–Kier alpha value is -0.730. The molecule has 0 amide bonds. The van der Waals surface area contributed by atoms with Gasteiger partial charge in [-0.1, -0.05) is 123 Å². The van der Waals surface area contributed by atoms with Crippen LogP contribution in [0.15, 0.2) is 0 Å². The molecule has 0 atom stereocenters. The van der Waals surface area contributed by atoms with Gasteiger partial charge in [-0.2, -0.15) is 0 Å². The summed E-state index contributed by atoms with van der Waals surface area (Å²) in [7, 11) is 0. The van der Waals surface area contributed by atoms with Crippen LogP contribution in [-0.2, 0) is 9.47 Å². The molecule has 0 aromatic rings. The zero-order valence-electron chi connectivity index (χ0n) is 18.6. The van der Waals surface area contributed by atoms with Gasteiger partial charge in [0.15, 0.2) is 0 Å². The lowest BCUT2D eigenvalue weighted by Gasteiger charge is -2.06. The molecule has 0 N–H and O–H groups in total. The highest BCUT2D eigenvalue weighted by Gasteiger charge is 2.02. The predicted molar refractivity (Wildman–Crippen MR) is 116 cm³/mol. The summed E-state index contributed by atoms with van der Waals surface area (Å²) >= 11 is 0. The van der Waals surface area contributed by atoms with Crippen molar-refractivity contribution in [3.8, 4) is 0 Å². The predicted octanol–water partition coefficient (Wildman–Crippen LogP) is 8.59. The van der Waals surface area contributed by atoms with E-state index in [1.807, 2.05) is 0 Å². The fourth-order valence-corrected chi connectivity index (χ4v) is 3.35. The molecule has 0 saturated carbocycles. The van der Waals surface area contributed by atoms with Crippen LogP contribution in [-0.4, -0.2) is 19.4 Å². The topological polar surface area (TPSA) is 35.5 Å². The number of hydrogen-bond donors (Lipinski definition) is 0. The Morgan fingerprint density at radius 3 is 1.04 bits per heavy atom. The zero-order valence-corrected chi connectivity index (χ0v) is 18.6. The lowest BCUT2D eigenvalue weighted by Crippen LogP contribution is -2.09. The van der Waals surface area contributed by atoms with Crippen molar-refractivity contribution < 1.29 is 14.3 Å². The summed E-state index contributed by atoms with van der Waals surface area (Å²) in [5.74, 6) is 0. The fourth-order valence-electron chi connectivity index (χ4n) is 3.35. The van der Waals surface area contributed by atoms with Crippen molar-refractivity contribution in [3.05, 3.63) is 0 Å². The van der Waals surface area contributed by atoms with Gasteiger partial charge in [0.1, 0.15) is 0 Å². The third-order valence-corrected chi connectivity index (χ3v) is 5.19. The van der Waals surface area contributed by atoms with Crippen molar-refractivity contribution in [1.29, 1.82) is 0 Å². The van der Waals surface area contributed by atoms with Crippen LogP contribution in [0, 0.1) is 0 Å². The van der Waals surface area contributed by atoms with Crippen LogP contribution in [0.4, 0.5) is 4.79 Å². The molecule has 0 unspecified atom stereocenters. The highest BCUT2D eigenvalue weighted by molar-refractivity contribution is 5.59. The average molecular weight is 385 g/mol. The normalized spacial score (nSPS) is 10.9. The maximum atomic E-state index is 11.4. The Balaban J connectivity index is 3.09. The van der Waals surface area contributed by atoms with Gasteiger partial charge in [0.25, 0.3) is 0 Å². The molecule has 3 nitrogen and oxygen atoms in total. The number of rotatable bonds is 21. The van der Waals surface area contributed by atoms with Gasteiger partial charge in [-0.3, -0.25) is 0 Å². The van der Waals surface area contributed by atoms with E-state index in [2.05, 4.69) is 13.8 Å². The molecule has 162 valence electrons. The van der Waals surface area contributed by atoms with Crippen LogP contribution < -0.4 is 0 Å². The molecule has 0 fully saturated rings. The quantitative estimate of drug-likeness (QED) is 0.147. The van der Waals surface area contributed by atoms with Crippen LogP contribution >= 0.6 is 0 Å². The second-order valence-corrected chi connectivity index (χ2v) is 7.96. The van der Waals surface area contributed by atoms with Crippen LogP contribution in [0.25, 0.3) is 0 Å². The average Bonchev–Trinajstić information content (AvgIpc) is 2.67. The Kier molecular flexibility index (Phi) is 22.7. The monoisotopic (exact) mass is 384 g/mol.